The Labute approximate surface area is 170 Å². The fourth-order valence-electron chi connectivity index (χ4n) is 3.62. The van der Waals surface area contributed by atoms with E-state index in [0.29, 0.717) is 34.7 Å². The van der Waals surface area contributed by atoms with Gasteiger partial charge in [-0.05, 0) is 55.5 Å². The molecule has 0 aliphatic rings. The Bertz CT molecular complexity index is 1410. The van der Waals surface area contributed by atoms with Crippen LogP contribution in [-0.4, -0.2) is 20.8 Å². The number of rotatable bonds is 5. The van der Waals surface area contributed by atoms with Crippen molar-refractivity contribution in [2.75, 3.05) is 0 Å². The van der Waals surface area contributed by atoms with Crippen LogP contribution in [0.5, 0.6) is 0 Å². The Morgan fingerprint density at radius 1 is 0.967 bits per heavy atom. The van der Waals surface area contributed by atoms with E-state index in [1.807, 2.05) is 31.2 Å². The van der Waals surface area contributed by atoms with Gasteiger partial charge in [0.2, 0.25) is 0 Å². The summed E-state index contributed by atoms with van der Waals surface area (Å²) in [6.45, 7) is 2.61. The van der Waals surface area contributed by atoms with E-state index < -0.39 is 0 Å². The number of aryl methyl sites for hydroxylation is 1. The highest BCUT2D eigenvalue weighted by molar-refractivity contribution is 5.97. The molecule has 0 bridgehead atoms. The number of carbonyl (C=O) groups is 1. The molecule has 150 valence electrons. The molecule has 0 saturated heterocycles. The van der Waals surface area contributed by atoms with Crippen LogP contribution < -0.4 is 5.69 Å². The SMILES string of the molecule is Cc1ccc2oc(CN(Cc3ccco3)C(=O)c3ccc4[nH]c(=O)[nH]c4c3)cc2c1. The lowest BCUT2D eigenvalue weighted by atomic mass is 10.1. The van der Waals surface area contributed by atoms with Gasteiger partial charge in [0.15, 0.2) is 0 Å². The number of carbonyl (C=O) groups excluding carboxylic acids is 1. The molecule has 2 N–H and O–H groups in total. The lowest BCUT2D eigenvalue weighted by Gasteiger charge is -2.20. The van der Waals surface area contributed by atoms with E-state index in [4.69, 9.17) is 8.83 Å². The summed E-state index contributed by atoms with van der Waals surface area (Å²) in [5.41, 5.74) is 3.33. The van der Waals surface area contributed by atoms with Gasteiger partial charge in [-0.15, -0.1) is 0 Å². The molecule has 5 aromatic rings. The third kappa shape index (κ3) is 3.41. The summed E-state index contributed by atoms with van der Waals surface area (Å²) in [5.74, 6) is 1.17. The zero-order chi connectivity index (χ0) is 20.7. The van der Waals surface area contributed by atoms with Crippen LogP contribution >= 0.6 is 0 Å². The first kappa shape index (κ1) is 18.1. The Morgan fingerprint density at radius 2 is 1.80 bits per heavy atom. The molecule has 30 heavy (non-hydrogen) atoms. The molecule has 7 nitrogen and oxygen atoms in total. The second kappa shape index (κ2) is 7.11. The van der Waals surface area contributed by atoms with E-state index in [0.717, 1.165) is 16.5 Å². The minimum absolute atomic E-state index is 0.188. The quantitative estimate of drug-likeness (QED) is 0.458. The second-order valence-electron chi connectivity index (χ2n) is 7.33. The highest BCUT2D eigenvalue weighted by Crippen LogP contribution is 2.23. The van der Waals surface area contributed by atoms with E-state index >= 15 is 0 Å². The van der Waals surface area contributed by atoms with Crippen LogP contribution in [0.3, 0.4) is 0 Å². The molecule has 0 unspecified atom stereocenters. The average Bonchev–Trinajstić information content (AvgIpc) is 3.44. The lowest BCUT2D eigenvalue weighted by molar-refractivity contribution is 0.0706. The van der Waals surface area contributed by atoms with Gasteiger partial charge >= 0.3 is 5.69 Å². The molecule has 0 fully saturated rings. The highest BCUT2D eigenvalue weighted by Gasteiger charge is 2.20. The first-order valence-electron chi connectivity index (χ1n) is 9.58. The van der Waals surface area contributed by atoms with Crippen LogP contribution in [0, 0.1) is 6.92 Å². The number of H-pyrrole nitrogens is 2. The number of nitrogens with zero attached hydrogens (tertiary/aromatic N) is 1. The molecule has 0 saturated carbocycles. The first-order valence-corrected chi connectivity index (χ1v) is 9.58. The summed E-state index contributed by atoms with van der Waals surface area (Å²) >= 11 is 0. The third-order valence-electron chi connectivity index (χ3n) is 5.05. The van der Waals surface area contributed by atoms with Crippen molar-refractivity contribution in [3.05, 3.63) is 94.0 Å². The van der Waals surface area contributed by atoms with Crippen LogP contribution in [0.1, 0.15) is 27.4 Å². The van der Waals surface area contributed by atoms with E-state index in [9.17, 15) is 9.59 Å². The van der Waals surface area contributed by atoms with Gasteiger partial charge in [-0.1, -0.05) is 11.6 Å². The molecule has 3 heterocycles. The first-order chi connectivity index (χ1) is 14.5. The normalized spacial score (nSPS) is 11.4. The maximum atomic E-state index is 13.3. The third-order valence-corrected chi connectivity index (χ3v) is 5.05. The van der Waals surface area contributed by atoms with Crippen molar-refractivity contribution in [1.82, 2.24) is 14.9 Å². The van der Waals surface area contributed by atoms with Crippen LogP contribution in [-0.2, 0) is 13.1 Å². The number of aromatic nitrogens is 2. The second-order valence-corrected chi connectivity index (χ2v) is 7.33. The zero-order valence-corrected chi connectivity index (χ0v) is 16.3. The van der Waals surface area contributed by atoms with Gasteiger partial charge in [-0.2, -0.15) is 0 Å². The van der Waals surface area contributed by atoms with Crippen LogP contribution in [0.2, 0.25) is 0 Å². The molecule has 0 aliphatic heterocycles. The van der Waals surface area contributed by atoms with Crippen molar-refractivity contribution >= 4 is 27.9 Å². The topological polar surface area (TPSA) is 95.2 Å². The molecule has 0 spiro atoms. The van der Waals surface area contributed by atoms with E-state index in [-0.39, 0.29) is 18.1 Å². The fourth-order valence-corrected chi connectivity index (χ4v) is 3.62. The smallest absolute Gasteiger partial charge is 0.323 e. The monoisotopic (exact) mass is 401 g/mol. The van der Waals surface area contributed by atoms with Crippen LogP contribution in [0.25, 0.3) is 22.0 Å². The summed E-state index contributed by atoms with van der Waals surface area (Å²) in [6, 6.07) is 16.6. The Morgan fingerprint density at radius 3 is 2.63 bits per heavy atom. The zero-order valence-electron chi connectivity index (χ0n) is 16.3. The minimum atomic E-state index is -0.306. The summed E-state index contributed by atoms with van der Waals surface area (Å²) in [4.78, 5) is 31.9. The number of furan rings is 2. The summed E-state index contributed by atoms with van der Waals surface area (Å²) in [5, 5.41) is 1.00. The van der Waals surface area contributed by atoms with E-state index in [2.05, 4.69) is 16.0 Å². The number of nitrogens with one attached hydrogen (secondary N) is 2. The highest BCUT2D eigenvalue weighted by atomic mass is 16.3. The standard InChI is InChI=1S/C23H19N3O4/c1-14-4-7-21-16(9-14)10-18(30-21)13-26(12-17-3-2-8-29-17)22(27)15-5-6-19-20(11-15)25-23(28)24-19/h2-11H,12-13H2,1H3,(H2,24,25,28). The summed E-state index contributed by atoms with van der Waals surface area (Å²) < 4.78 is 11.4. The number of benzene rings is 2. The van der Waals surface area contributed by atoms with Gasteiger partial charge in [-0.3, -0.25) is 4.79 Å². The number of hydrogen-bond donors (Lipinski definition) is 2. The lowest BCUT2D eigenvalue weighted by Crippen LogP contribution is -2.29. The van der Waals surface area contributed by atoms with E-state index in [1.54, 1.807) is 35.4 Å². The van der Waals surface area contributed by atoms with Gasteiger partial charge in [0, 0.05) is 10.9 Å². The molecule has 0 atom stereocenters. The van der Waals surface area contributed by atoms with Crippen molar-refractivity contribution in [1.29, 1.82) is 0 Å². The molecule has 7 heteroatoms. The molecule has 2 aromatic carbocycles. The van der Waals surface area contributed by atoms with Gasteiger partial charge < -0.3 is 23.7 Å². The summed E-state index contributed by atoms with van der Waals surface area (Å²) in [7, 11) is 0. The van der Waals surface area contributed by atoms with Gasteiger partial charge in [0.1, 0.15) is 17.1 Å². The maximum absolute atomic E-state index is 13.3. The van der Waals surface area contributed by atoms with Gasteiger partial charge in [-0.25, -0.2) is 4.79 Å². The molecule has 3 aromatic heterocycles. The average molecular weight is 401 g/mol. The van der Waals surface area contributed by atoms with Crippen molar-refractivity contribution in [3.8, 4) is 0 Å². The van der Waals surface area contributed by atoms with E-state index in [1.165, 1.54) is 0 Å². The number of aromatic amines is 2. The molecule has 0 radical (unpaired) electrons. The maximum Gasteiger partial charge on any atom is 0.323 e. The number of imidazole rings is 1. The molecule has 0 aliphatic carbocycles. The number of hydrogen-bond acceptors (Lipinski definition) is 4. The largest absolute Gasteiger partial charge is 0.467 e. The Kier molecular flexibility index (Phi) is 4.28. The van der Waals surface area contributed by atoms with Crippen molar-refractivity contribution in [2.24, 2.45) is 0 Å². The van der Waals surface area contributed by atoms with Gasteiger partial charge in [0.25, 0.3) is 5.91 Å². The Hall–Kier alpha value is -4.00. The predicted octanol–water partition coefficient (Wildman–Crippen LogP) is 4.35. The molecule has 5 rings (SSSR count). The fraction of sp³-hybridized carbons (Fsp3) is 0.130. The van der Waals surface area contributed by atoms with Crippen molar-refractivity contribution in [3.63, 3.8) is 0 Å². The number of amides is 1. The summed E-state index contributed by atoms with van der Waals surface area (Å²) in [6.07, 6.45) is 1.58. The molecular weight excluding hydrogens is 382 g/mol. The van der Waals surface area contributed by atoms with Gasteiger partial charge in [0.05, 0.1) is 30.4 Å². The van der Waals surface area contributed by atoms with Crippen LogP contribution in [0.15, 0.2) is 74.5 Å². The Balaban J connectivity index is 1.49. The number of fused-ring (bicyclic) bond motifs is 2. The van der Waals surface area contributed by atoms with Crippen LogP contribution in [0.4, 0.5) is 0 Å². The molecule has 1 amide bonds. The van der Waals surface area contributed by atoms with Crippen molar-refractivity contribution < 1.29 is 13.6 Å². The van der Waals surface area contributed by atoms with Crippen molar-refractivity contribution in [2.45, 2.75) is 20.0 Å². The molecular formula is C23H19N3O4. The minimum Gasteiger partial charge on any atom is -0.467 e. The predicted molar refractivity (Wildman–Crippen MR) is 112 cm³/mol.